The Morgan fingerprint density at radius 2 is 2.06 bits per heavy atom. The molecule has 1 aliphatic rings. The predicted octanol–water partition coefficient (Wildman–Crippen LogP) is 3.94. The third kappa shape index (κ3) is 4.36. The lowest BCUT2D eigenvalue weighted by Crippen LogP contribution is -2.35. The van der Waals surface area contributed by atoms with E-state index in [0.29, 0.717) is 0 Å². The van der Waals surface area contributed by atoms with Gasteiger partial charge in [-0.1, -0.05) is 13.3 Å². The summed E-state index contributed by atoms with van der Waals surface area (Å²) in [5, 5.41) is 4.96. The van der Waals surface area contributed by atoms with Crippen molar-refractivity contribution in [1.82, 2.24) is 10.3 Å². The molecule has 1 saturated carbocycles. The monoisotopic (exact) mass is 266 g/mol. The van der Waals surface area contributed by atoms with E-state index in [9.17, 15) is 0 Å². The van der Waals surface area contributed by atoms with Crippen molar-refractivity contribution >= 4 is 11.3 Å². The minimum absolute atomic E-state index is 0.185. The van der Waals surface area contributed by atoms with Crippen LogP contribution in [0.5, 0.6) is 0 Å². The average Bonchev–Trinajstić information content (AvgIpc) is 2.98. The van der Waals surface area contributed by atoms with E-state index in [1.807, 2.05) is 11.3 Å². The van der Waals surface area contributed by atoms with Gasteiger partial charge in [0.05, 0.1) is 10.7 Å². The maximum absolute atomic E-state index is 4.86. The molecule has 1 aliphatic carbocycles. The van der Waals surface area contributed by atoms with Gasteiger partial charge in [-0.25, -0.2) is 4.98 Å². The lowest BCUT2D eigenvalue weighted by molar-refractivity contribution is 0.425. The summed E-state index contributed by atoms with van der Waals surface area (Å²) >= 11 is 1.93. The van der Waals surface area contributed by atoms with Crippen molar-refractivity contribution in [3.05, 3.63) is 15.6 Å². The smallest absolute Gasteiger partial charge is 0.0934 e. The molecule has 1 aromatic rings. The molecule has 1 heterocycles. The van der Waals surface area contributed by atoms with Gasteiger partial charge in [0.25, 0.3) is 0 Å². The summed E-state index contributed by atoms with van der Waals surface area (Å²) in [6.07, 6.45) is 6.37. The van der Waals surface area contributed by atoms with E-state index in [-0.39, 0.29) is 5.54 Å². The van der Waals surface area contributed by atoms with E-state index < -0.39 is 0 Å². The molecule has 0 saturated heterocycles. The zero-order valence-corrected chi connectivity index (χ0v) is 13.0. The number of hydrogen-bond acceptors (Lipinski definition) is 3. The molecule has 2 rings (SSSR count). The molecule has 0 radical (unpaired) electrons. The topological polar surface area (TPSA) is 24.9 Å². The molecule has 0 amide bonds. The quantitative estimate of drug-likeness (QED) is 0.843. The zero-order valence-electron chi connectivity index (χ0n) is 12.2. The minimum atomic E-state index is 0.185. The van der Waals surface area contributed by atoms with Crippen molar-refractivity contribution in [2.24, 2.45) is 5.92 Å². The molecule has 0 bridgehead atoms. The highest BCUT2D eigenvalue weighted by Gasteiger charge is 2.24. The first kappa shape index (κ1) is 14.0. The Bertz CT molecular complexity index is 386. The molecular weight excluding hydrogens is 240 g/mol. The van der Waals surface area contributed by atoms with Crippen LogP contribution in [-0.2, 0) is 19.4 Å². The van der Waals surface area contributed by atoms with Crippen molar-refractivity contribution < 1.29 is 0 Å². The molecule has 18 heavy (non-hydrogen) atoms. The van der Waals surface area contributed by atoms with Crippen molar-refractivity contribution in [2.75, 3.05) is 0 Å². The van der Waals surface area contributed by atoms with Crippen LogP contribution in [0.3, 0.4) is 0 Å². The number of hydrogen-bond donors (Lipinski definition) is 1. The number of aryl methyl sites for hydroxylation is 1. The van der Waals surface area contributed by atoms with Gasteiger partial charge < -0.3 is 5.32 Å². The third-order valence-electron chi connectivity index (χ3n) is 3.25. The van der Waals surface area contributed by atoms with Crippen LogP contribution in [0.2, 0.25) is 0 Å². The molecule has 0 aliphatic heterocycles. The van der Waals surface area contributed by atoms with Crippen LogP contribution in [0.15, 0.2) is 0 Å². The Kier molecular flexibility index (Phi) is 4.44. The van der Waals surface area contributed by atoms with Gasteiger partial charge in [-0.3, -0.25) is 0 Å². The lowest BCUT2D eigenvalue weighted by Gasteiger charge is -2.20. The molecule has 0 spiro atoms. The normalized spacial score (nSPS) is 16.2. The Labute approximate surface area is 115 Å². The summed E-state index contributed by atoms with van der Waals surface area (Å²) < 4.78 is 0. The fourth-order valence-corrected chi connectivity index (χ4v) is 3.18. The second-order valence-electron chi connectivity index (χ2n) is 6.48. The summed E-state index contributed by atoms with van der Waals surface area (Å²) in [5.74, 6) is 0.939. The first-order valence-corrected chi connectivity index (χ1v) is 8.02. The molecule has 2 nitrogen and oxygen atoms in total. The van der Waals surface area contributed by atoms with Crippen molar-refractivity contribution in [2.45, 2.75) is 71.9 Å². The summed E-state index contributed by atoms with van der Waals surface area (Å²) in [6.45, 7) is 9.87. The molecule has 1 fully saturated rings. The maximum Gasteiger partial charge on any atom is 0.0934 e. The molecule has 102 valence electrons. The van der Waals surface area contributed by atoms with Gasteiger partial charge in [-0.15, -0.1) is 11.3 Å². The van der Waals surface area contributed by atoms with Crippen LogP contribution < -0.4 is 5.32 Å². The Morgan fingerprint density at radius 3 is 2.61 bits per heavy atom. The van der Waals surface area contributed by atoms with E-state index in [1.165, 1.54) is 41.3 Å². The van der Waals surface area contributed by atoms with Crippen LogP contribution in [0.1, 0.15) is 62.5 Å². The predicted molar refractivity (Wildman–Crippen MR) is 79.1 cm³/mol. The van der Waals surface area contributed by atoms with Gasteiger partial charge >= 0.3 is 0 Å². The van der Waals surface area contributed by atoms with E-state index in [2.05, 4.69) is 33.0 Å². The summed E-state index contributed by atoms with van der Waals surface area (Å²) in [7, 11) is 0. The molecule has 1 aromatic heterocycles. The van der Waals surface area contributed by atoms with Crippen molar-refractivity contribution in [3.8, 4) is 0 Å². The van der Waals surface area contributed by atoms with Gasteiger partial charge in [-0.05, 0) is 46.0 Å². The second-order valence-corrected chi connectivity index (χ2v) is 7.65. The van der Waals surface area contributed by atoms with Gasteiger partial charge in [0.2, 0.25) is 0 Å². The van der Waals surface area contributed by atoms with Crippen molar-refractivity contribution in [1.29, 1.82) is 0 Å². The summed E-state index contributed by atoms with van der Waals surface area (Å²) in [6, 6.07) is 0. The molecule has 0 aromatic carbocycles. The third-order valence-corrected chi connectivity index (χ3v) is 4.37. The Hall–Kier alpha value is -0.410. The fourth-order valence-electron chi connectivity index (χ4n) is 2.01. The largest absolute Gasteiger partial charge is 0.307 e. The van der Waals surface area contributed by atoms with Gasteiger partial charge in [0.15, 0.2) is 0 Å². The zero-order chi connectivity index (χ0) is 13.2. The number of nitrogens with one attached hydrogen (secondary N) is 1. The van der Waals surface area contributed by atoms with Gasteiger partial charge in [0, 0.05) is 23.4 Å². The van der Waals surface area contributed by atoms with Crippen LogP contribution >= 0.6 is 11.3 Å². The molecule has 1 N–H and O–H groups in total. The molecular formula is C15H26N2S. The van der Waals surface area contributed by atoms with Crippen molar-refractivity contribution in [3.63, 3.8) is 0 Å². The van der Waals surface area contributed by atoms with Crippen LogP contribution in [0, 0.1) is 5.92 Å². The highest BCUT2D eigenvalue weighted by atomic mass is 32.1. The molecule has 0 atom stereocenters. The van der Waals surface area contributed by atoms with E-state index in [1.54, 1.807) is 0 Å². The van der Waals surface area contributed by atoms with E-state index in [0.717, 1.165) is 18.9 Å². The van der Waals surface area contributed by atoms with Gasteiger partial charge in [0.1, 0.15) is 0 Å². The molecule has 0 unspecified atom stereocenters. The maximum atomic E-state index is 4.86. The Morgan fingerprint density at radius 1 is 1.33 bits per heavy atom. The SMILES string of the molecule is CCCc1nc(CC2CC2)sc1CNC(C)(C)C. The standard InChI is InChI=1S/C15H26N2S/c1-5-6-12-13(10-16-15(2,3)4)18-14(17-12)9-11-7-8-11/h11,16H,5-10H2,1-4H3. The first-order valence-electron chi connectivity index (χ1n) is 7.20. The number of thiazole rings is 1. The van der Waals surface area contributed by atoms with E-state index >= 15 is 0 Å². The Balaban J connectivity index is 2.02. The average molecular weight is 266 g/mol. The minimum Gasteiger partial charge on any atom is -0.307 e. The van der Waals surface area contributed by atoms with Crippen LogP contribution in [-0.4, -0.2) is 10.5 Å². The van der Waals surface area contributed by atoms with Gasteiger partial charge in [-0.2, -0.15) is 0 Å². The van der Waals surface area contributed by atoms with E-state index in [4.69, 9.17) is 4.98 Å². The van der Waals surface area contributed by atoms with Crippen LogP contribution in [0.25, 0.3) is 0 Å². The first-order chi connectivity index (χ1) is 8.48. The summed E-state index contributed by atoms with van der Waals surface area (Å²) in [5.41, 5.74) is 1.53. The number of nitrogens with zero attached hydrogens (tertiary/aromatic N) is 1. The highest BCUT2D eigenvalue weighted by Crippen LogP contribution is 2.34. The second kappa shape index (κ2) is 5.70. The number of rotatable bonds is 6. The van der Waals surface area contributed by atoms with Crippen LogP contribution in [0.4, 0.5) is 0 Å². The fraction of sp³-hybridized carbons (Fsp3) is 0.800. The molecule has 3 heteroatoms. The summed E-state index contributed by atoms with van der Waals surface area (Å²) in [4.78, 5) is 6.32. The number of aromatic nitrogens is 1. The highest BCUT2D eigenvalue weighted by molar-refractivity contribution is 7.11. The lowest BCUT2D eigenvalue weighted by atomic mass is 10.1.